The van der Waals surface area contributed by atoms with E-state index < -0.39 is 56.1 Å². The second-order valence-corrected chi connectivity index (χ2v) is 7.88. The quantitative estimate of drug-likeness (QED) is 0.293. The number of methoxy groups -OCH3 is 3. The topological polar surface area (TPSA) is 157 Å². The highest BCUT2D eigenvalue weighted by Crippen LogP contribution is 2.37. The van der Waals surface area contributed by atoms with Crippen molar-refractivity contribution < 1.29 is 54.0 Å². The molecule has 0 aromatic heterocycles. The normalized spacial score (nSPS) is 26.1. The van der Waals surface area contributed by atoms with Crippen LogP contribution in [0.2, 0.25) is 0 Å². The van der Waals surface area contributed by atoms with Crippen molar-refractivity contribution in [1.82, 2.24) is 0 Å². The van der Waals surface area contributed by atoms with Gasteiger partial charge in [0.05, 0.1) is 27.4 Å². The molecule has 0 unspecified atom stereocenters. The minimum Gasteiger partial charge on any atom is -0.504 e. The zero-order chi connectivity index (χ0) is 25.5. The van der Waals surface area contributed by atoms with Crippen LogP contribution in [0.3, 0.4) is 0 Å². The fraction of sp³-hybridized carbons (Fsp3) is 0.500. The van der Waals surface area contributed by atoms with E-state index in [1.807, 2.05) is 0 Å². The third-order valence-electron chi connectivity index (χ3n) is 5.76. The first-order valence-electron chi connectivity index (χ1n) is 11.0. The summed E-state index contributed by atoms with van der Waals surface area (Å²) in [5, 5.41) is 51.5. The van der Waals surface area contributed by atoms with E-state index in [4.69, 9.17) is 28.4 Å². The number of aliphatic hydroxyl groups excluding tert-OH is 4. The van der Waals surface area contributed by atoms with E-state index in [2.05, 4.69) is 0 Å². The van der Waals surface area contributed by atoms with Gasteiger partial charge in [0.15, 0.2) is 35.4 Å². The monoisotopic (exact) mass is 496 g/mol. The Bertz CT molecular complexity index is 923. The van der Waals surface area contributed by atoms with Crippen LogP contribution in [0.4, 0.5) is 0 Å². The molecular formula is C24H32O11. The molecule has 1 aliphatic rings. The smallest absolute Gasteiger partial charge is 0.186 e. The maximum Gasteiger partial charge on any atom is 0.186 e. The van der Waals surface area contributed by atoms with E-state index in [1.165, 1.54) is 39.5 Å². The number of benzene rings is 2. The van der Waals surface area contributed by atoms with Crippen molar-refractivity contribution in [2.45, 2.75) is 42.9 Å². The number of hydrogen-bond acceptors (Lipinski definition) is 11. The summed E-state index contributed by atoms with van der Waals surface area (Å²) < 4.78 is 33.3. The molecule has 11 heteroatoms. The SMILES string of the molecule is COc1cc([C@@H](O[C@H]2[C@@H](O)[C@@H](CO)O[C@H](OC)[C@@H]2O)[C@H](CO)Oc2ccccc2OC)ccc1O. The van der Waals surface area contributed by atoms with Gasteiger partial charge in [0.1, 0.15) is 30.5 Å². The van der Waals surface area contributed by atoms with Gasteiger partial charge >= 0.3 is 0 Å². The maximum atomic E-state index is 10.8. The van der Waals surface area contributed by atoms with Crippen molar-refractivity contribution in [2.75, 3.05) is 34.5 Å². The average molecular weight is 497 g/mol. The number of phenolic OH excluding ortho intramolecular Hbond substituents is 1. The highest BCUT2D eigenvalue weighted by atomic mass is 16.7. The number of para-hydroxylation sites is 2. The fourth-order valence-electron chi connectivity index (χ4n) is 3.90. The summed E-state index contributed by atoms with van der Waals surface area (Å²) in [7, 11) is 4.16. The molecule has 1 aliphatic heterocycles. The van der Waals surface area contributed by atoms with Gasteiger partial charge in [-0.25, -0.2) is 0 Å². The second kappa shape index (κ2) is 12.4. The minimum absolute atomic E-state index is 0.118. The first-order chi connectivity index (χ1) is 16.9. The van der Waals surface area contributed by atoms with Crippen LogP contribution >= 0.6 is 0 Å². The Morgan fingerprint density at radius 2 is 1.60 bits per heavy atom. The van der Waals surface area contributed by atoms with Gasteiger partial charge in [-0.2, -0.15) is 0 Å². The highest BCUT2D eigenvalue weighted by Gasteiger charge is 2.47. The van der Waals surface area contributed by atoms with Gasteiger partial charge in [0, 0.05) is 7.11 Å². The van der Waals surface area contributed by atoms with Crippen LogP contribution in [0.5, 0.6) is 23.0 Å². The Kier molecular flexibility index (Phi) is 9.52. The molecule has 0 spiro atoms. The van der Waals surface area contributed by atoms with Crippen molar-refractivity contribution in [3.05, 3.63) is 48.0 Å². The van der Waals surface area contributed by atoms with Gasteiger partial charge in [-0.3, -0.25) is 0 Å². The lowest BCUT2D eigenvalue weighted by Gasteiger charge is -2.43. The molecule has 7 atom stereocenters. The molecule has 194 valence electrons. The molecule has 2 aromatic rings. The van der Waals surface area contributed by atoms with Crippen molar-refractivity contribution in [3.63, 3.8) is 0 Å². The van der Waals surface area contributed by atoms with E-state index >= 15 is 0 Å². The fourth-order valence-corrected chi connectivity index (χ4v) is 3.90. The van der Waals surface area contributed by atoms with Gasteiger partial charge in [0.25, 0.3) is 0 Å². The largest absolute Gasteiger partial charge is 0.504 e. The summed E-state index contributed by atoms with van der Waals surface area (Å²) in [6, 6.07) is 11.2. The molecule has 0 amide bonds. The molecule has 1 fully saturated rings. The number of aliphatic hydroxyl groups is 4. The van der Waals surface area contributed by atoms with Crippen LogP contribution in [0, 0.1) is 0 Å². The van der Waals surface area contributed by atoms with Gasteiger partial charge in [0.2, 0.25) is 0 Å². The molecule has 1 heterocycles. The molecule has 11 nitrogen and oxygen atoms in total. The number of rotatable bonds is 11. The number of phenols is 1. The van der Waals surface area contributed by atoms with Crippen LogP contribution in [-0.4, -0.2) is 96.9 Å². The Morgan fingerprint density at radius 3 is 2.20 bits per heavy atom. The summed E-state index contributed by atoms with van der Waals surface area (Å²) >= 11 is 0. The zero-order valence-corrected chi connectivity index (χ0v) is 19.7. The molecule has 2 aromatic carbocycles. The van der Waals surface area contributed by atoms with Gasteiger partial charge in [-0.1, -0.05) is 18.2 Å². The summed E-state index contributed by atoms with van der Waals surface area (Å²) in [5.41, 5.74) is 0.411. The van der Waals surface area contributed by atoms with E-state index in [1.54, 1.807) is 24.3 Å². The third kappa shape index (κ3) is 5.96. The van der Waals surface area contributed by atoms with E-state index in [0.717, 1.165) is 0 Å². The molecule has 0 aliphatic carbocycles. The van der Waals surface area contributed by atoms with Crippen molar-refractivity contribution in [2.24, 2.45) is 0 Å². The Labute approximate surface area is 203 Å². The van der Waals surface area contributed by atoms with Gasteiger partial charge < -0.3 is 54.0 Å². The van der Waals surface area contributed by atoms with E-state index in [-0.39, 0.29) is 11.5 Å². The minimum atomic E-state index is -1.44. The number of hydrogen-bond donors (Lipinski definition) is 5. The van der Waals surface area contributed by atoms with Crippen LogP contribution in [-0.2, 0) is 14.2 Å². The maximum absolute atomic E-state index is 10.8. The van der Waals surface area contributed by atoms with Crippen LogP contribution in [0.1, 0.15) is 11.7 Å². The lowest BCUT2D eigenvalue weighted by molar-refractivity contribution is -0.311. The zero-order valence-electron chi connectivity index (χ0n) is 19.7. The first-order valence-corrected chi connectivity index (χ1v) is 11.0. The summed E-state index contributed by atoms with van der Waals surface area (Å²) in [5.74, 6) is 0.761. The molecule has 5 N–H and O–H groups in total. The molecule has 3 rings (SSSR count). The van der Waals surface area contributed by atoms with Crippen molar-refractivity contribution >= 4 is 0 Å². The molecule has 1 saturated heterocycles. The van der Waals surface area contributed by atoms with Gasteiger partial charge in [-0.15, -0.1) is 0 Å². The predicted molar refractivity (Wildman–Crippen MR) is 122 cm³/mol. The summed E-state index contributed by atoms with van der Waals surface area (Å²) in [6.45, 7) is -1.08. The summed E-state index contributed by atoms with van der Waals surface area (Å²) in [6.07, 6.45) is -8.60. The summed E-state index contributed by atoms with van der Waals surface area (Å²) in [4.78, 5) is 0. The van der Waals surface area contributed by atoms with E-state index in [0.29, 0.717) is 17.1 Å². The predicted octanol–water partition coefficient (Wildman–Crippen LogP) is 0.361. The van der Waals surface area contributed by atoms with Crippen LogP contribution in [0.15, 0.2) is 42.5 Å². The average Bonchev–Trinajstić information content (AvgIpc) is 2.88. The van der Waals surface area contributed by atoms with Crippen LogP contribution in [0.25, 0.3) is 0 Å². The molecular weight excluding hydrogens is 464 g/mol. The standard InChI is InChI=1S/C24H32O11/c1-30-15-6-4-5-7-16(15)33-19(12-26)22(13-8-9-14(27)17(10-13)31-2)35-23-20(28)18(11-25)34-24(32-3)21(23)29/h4-10,18-29H,11-12H2,1-3H3/t18-,19+,20+,21-,22-,23+,24+/m1/s1. The third-order valence-corrected chi connectivity index (χ3v) is 5.76. The Morgan fingerprint density at radius 1 is 0.914 bits per heavy atom. The molecule has 35 heavy (non-hydrogen) atoms. The van der Waals surface area contributed by atoms with Gasteiger partial charge in [-0.05, 0) is 29.8 Å². The highest BCUT2D eigenvalue weighted by molar-refractivity contribution is 5.43. The lowest BCUT2D eigenvalue weighted by Crippen LogP contribution is -2.60. The van der Waals surface area contributed by atoms with Crippen LogP contribution < -0.4 is 14.2 Å². The molecule has 0 radical (unpaired) electrons. The number of aromatic hydroxyl groups is 1. The molecule has 0 saturated carbocycles. The van der Waals surface area contributed by atoms with Crippen molar-refractivity contribution in [1.29, 1.82) is 0 Å². The first kappa shape index (κ1) is 27.0. The lowest BCUT2D eigenvalue weighted by atomic mass is 9.97. The van der Waals surface area contributed by atoms with E-state index in [9.17, 15) is 25.5 Å². The second-order valence-electron chi connectivity index (χ2n) is 7.88. The Balaban J connectivity index is 2.02. The Hall–Kier alpha value is -2.64. The molecule has 0 bridgehead atoms. The number of ether oxygens (including phenoxy) is 6. The van der Waals surface area contributed by atoms with Crippen molar-refractivity contribution in [3.8, 4) is 23.0 Å².